The fourth-order valence-corrected chi connectivity index (χ4v) is 2.70. The van der Waals surface area contributed by atoms with E-state index in [1.807, 2.05) is 37.6 Å². The molecule has 1 aliphatic rings. The number of aromatic nitrogens is 3. The van der Waals surface area contributed by atoms with E-state index in [1.165, 1.54) is 0 Å². The molecule has 0 radical (unpaired) electrons. The van der Waals surface area contributed by atoms with E-state index < -0.39 is 0 Å². The van der Waals surface area contributed by atoms with E-state index in [0.717, 1.165) is 50.8 Å². The van der Waals surface area contributed by atoms with E-state index in [2.05, 4.69) is 24.3 Å². The van der Waals surface area contributed by atoms with Gasteiger partial charge in [0.05, 0.1) is 11.9 Å². The van der Waals surface area contributed by atoms with E-state index in [-0.39, 0.29) is 0 Å². The summed E-state index contributed by atoms with van der Waals surface area (Å²) in [7, 11) is 0. The summed E-state index contributed by atoms with van der Waals surface area (Å²) in [5.74, 6) is 1.66. The Morgan fingerprint density at radius 1 is 1.10 bits per heavy atom. The molecule has 1 fully saturated rings. The molecule has 1 saturated heterocycles. The van der Waals surface area contributed by atoms with Gasteiger partial charge in [-0.2, -0.15) is 0 Å². The van der Waals surface area contributed by atoms with Crippen molar-refractivity contribution in [2.24, 2.45) is 0 Å². The number of nitrogens with two attached hydrogens (primary N) is 1. The van der Waals surface area contributed by atoms with Crippen LogP contribution < -0.4 is 10.6 Å². The van der Waals surface area contributed by atoms with Crippen LogP contribution in [0.15, 0.2) is 30.7 Å². The molecule has 21 heavy (non-hydrogen) atoms. The van der Waals surface area contributed by atoms with Gasteiger partial charge in [0.1, 0.15) is 11.6 Å². The number of nitrogen functional groups attached to an aromatic ring is 1. The van der Waals surface area contributed by atoms with Gasteiger partial charge in [0, 0.05) is 51.7 Å². The van der Waals surface area contributed by atoms with Crippen LogP contribution in [0.5, 0.6) is 0 Å². The summed E-state index contributed by atoms with van der Waals surface area (Å²) >= 11 is 0. The van der Waals surface area contributed by atoms with E-state index in [0.29, 0.717) is 5.82 Å². The van der Waals surface area contributed by atoms with Crippen molar-refractivity contribution in [2.75, 3.05) is 43.4 Å². The topological polar surface area (TPSA) is 63.2 Å². The third kappa shape index (κ3) is 3.33. The lowest BCUT2D eigenvalue weighted by atomic mass is 10.2. The van der Waals surface area contributed by atoms with E-state index >= 15 is 0 Å². The van der Waals surface area contributed by atoms with Crippen LogP contribution >= 0.6 is 0 Å². The van der Waals surface area contributed by atoms with Crippen molar-refractivity contribution in [3.8, 4) is 0 Å². The molecule has 1 aliphatic heterocycles. The molecule has 0 spiro atoms. The highest BCUT2D eigenvalue weighted by atomic mass is 15.3. The van der Waals surface area contributed by atoms with Crippen molar-refractivity contribution in [1.82, 2.24) is 19.4 Å². The van der Waals surface area contributed by atoms with Crippen molar-refractivity contribution >= 4 is 11.5 Å². The number of hydrogen-bond acceptors (Lipinski definition) is 5. The molecule has 2 aromatic rings. The maximum atomic E-state index is 5.63. The first kappa shape index (κ1) is 13.9. The fraction of sp³-hybridized carbons (Fsp3) is 0.467. The van der Waals surface area contributed by atoms with Crippen molar-refractivity contribution in [3.63, 3.8) is 0 Å². The minimum absolute atomic E-state index is 0.577. The third-order valence-corrected chi connectivity index (χ3v) is 4.09. The largest absolute Gasteiger partial charge is 0.384 e. The third-order valence-electron chi connectivity index (χ3n) is 4.09. The summed E-state index contributed by atoms with van der Waals surface area (Å²) in [5.41, 5.74) is 6.79. The second-order valence-corrected chi connectivity index (χ2v) is 5.44. The lowest BCUT2D eigenvalue weighted by molar-refractivity contribution is 0.247. The van der Waals surface area contributed by atoms with Crippen LogP contribution in [0.1, 0.15) is 5.82 Å². The molecule has 6 nitrogen and oxygen atoms in total. The van der Waals surface area contributed by atoms with Crippen LogP contribution in [0.3, 0.4) is 0 Å². The average molecular weight is 286 g/mol. The fourth-order valence-electron chi connectivity index (χ4n) is 2.70. The van der Waals surface area contributed by atoms with Crippen molar-refractivity contribution in [1.29, 1.82) is 0 Å². The Hall–Kier alpha value is -2.08. The van der Waals surface area contributed by atoms with Gasteiger partial charge in [0.25, 0.3) is 0 Å². The molecule has 112 valence electrons. The second kappa shape index (κ2) is 6.13. The minimum Gasteiger partial charge on any atom is -0.384 e. The quantitative estimate of drug-likeness (QED) is 0.908. The highest BCUT2D eigenvalue weighted by molar-refractivity contribution is 5.48. The van der Waals surface area contributed by atoms with Gasteiger partial charge in [0.2, 0.25) is 0 Å². The maximum absolute atomic E-state index is 5.63. The summed E-state index contributed by atoms with van der Waals surface area (Å²) in [6.45, 7) is 8.37. The van der Waals surface area contributed by atoms with Crippen LogP contribution in [-0.4, -0.2) is 52.2 Å². The number of anilines is 2. The van der Waals surface area contributed by atoms with Gasteiger partial charge in [-0.3, -0.25) is 4.90 Å². The van der Waals surface area contributed by atoms with Crippen LogP contribution in [0, 0.1) is 6.92 Å². The minimum atomic E-state index is 0.577. The van der Waals surface area contributed by atoms with E-state index in [9.17, 15) is 0 Å². The Labute approximate surface area is 125 Å². The molecule has 3 rings (SSSR count). The SMILES string of the molecule is Cc1nccn1CCN1CCN(c2ccc(N)nc2)CC1. The highest BCUT2D eigenvalue weighted by Gasteiger charge is 2.17. The lowest BCUT2D eigenvalue weighted by Gasteiger charge is -2.36. The number of imidazole rings is 1. The monoisotopic (exact) mass is 286 g/mol. The van der Waals surface area contributed by atoms with Crippen LogP contribution in [-0.2, 0) is 6.54 Å². The Balaban J connectivity index is 1.49. The molecule has 0 aliphatic carbocycles. The molecular weight excluding hydrogens is 264 g/mol. The van der Waals surface area contributed by atoms with Gasteiger partial charge >= 0.3 is 0 Å². The highest BCUT2D eigenvalue weighted by Crippen LogP contribution is 2.16. The summed E-state index contributed by atoms with van der Waals surface area (Å²) < 4.78 is 2.20. The van der Waals surface area contributed by atoms with Crippen molar-refractivity contribution in [3.05, 3.63) is 36.5 Å². The van der Waals surface area contributed by atoms with Gasteiger partial charge < -0.3 is 15.2 Å². The van der Waals surface area contributed by atoms with Crippen molar-refractivity contribution in [2.45, 2.75) is 13.5 Å². The first-order valence-electron chi connectivity index (χ1n) is 7.39. The summed E-state index contributed by atoms with van der Waals surface area (Å²) in [5, 5.41) is 0. The molecule has 2 N–H and O–H groups in total. The van der Waals surface area contributed by atoms with E-state index in [4.69, 9.17) is 5.73 Å². The Bertz CT molecular complexity index is 568. The number of hydrogen-bond donors (Lipinski definition) is 1. The summed E-state index contributed by atoms with van der Waals surface area (Å²) in [6.07, 6.45) is 5.77. The maximum Gasteiger partial charge on any atom is 0.123 e. The van der Waals surface area contributed by atoms with Crippen LogP contribution in [0.25, 0.3) is 0 Å². The number of pyridine rings is 1. The van der Waals surface area contributed by atoms with Gasteiger partial charge in [0.15, 0.2) is 0 Å². The predicted molar refractivity (Wildman–Crippen MR) is 84.3 cm³/mol. The molecule has 6 heteroatoms. The molecule has 0 saturated carbocycles. The van der Waals surface area contributed by atoms with Crippen molar-refractivity contribution < 1.29 is 0 Å². The molecule has 0 atom stereocenters. The average Bonchev–Trinajstić information content (AvgIpc) is 2.92. The molecule has 0 aromatic carbocycles. The number of nitrogens with zero attached hydrogens (tertiary/aromatic N) is 5. The predicted octanol–water partition coefficient (Wildman–Crippen LogP) is 0.991. The van der Waals surface area contributed by atoms with Gasteiger partial charge in [-0.25, -0.2) is 9.97 Å². The molecule has 2 aromatic heterocycles. The molecule has 0 unspecified atom stereocenters. The Morgan fingerprint density at radius 3 is 2.52 bits per heavy atom. The second-order valence-electron chi connectivity index (χ2n) is 5.44. The normalized spacial score (nSPS) is 16.3. The zero-order valence-electron chi connectivity index (χ0n) is 12.4. The number of rotatable bonds is 4. The molecular formula is C15H22N6. The lowest BCUT2D eigenvalue weighted by Crippen LogP contribution is -2.47. The van der Waals surface area contributed by atoms with Gasteiger partial charge in [-0.15, -0.1) is 0 Å². The molecule has 0 amide bonds. The Kier molecular flexibility index (Phi) is 4.06. The number of aryl methyl sites for hydroxylation is 1. The molecule has 0 bridgehead atoms. The zero-order valence-corrected chi connectivity index (χ0v) is 12.4. The zero-order chi connectivity index (χ0) is 14.7. The van der Waals surface area contributed by atoms with Gasteiger partial charge in [-0.1, -0.05) is 0 Å². The van der Waals surface area contributed by atoms with Crippen LogP contribution in [0.2, 0.25) is 0 Å². The van der Waals surface area contributed by atoms with E-state index in [1.54, 1.807) is 0 Å². The summed E-state index contributed by atoms with van der Waals surface area (Å²) in [4.78, 5) is 13.3. The standard InChI is InChI=1S/C15H22N6/c1-13-17-4-5-20(13)9-6-19-7-10-21(11-8-19)14-2-3-15(16)18-12-14/h2-5,12H,6-11H2,1H3,(H2,16,18). The van der Waals surface area contributed by atoms with Crippen LogP contribution in [0.4, 0.5) is 11.5 Å². The van der Waals surface area contributed by atoms with Gasteiger partial charge in [-0.05, 0) is 19.1 Å². The first-order valence-corrected chi connectivity index (χ1v) is 7.39. The summed E-state index contributed by atoms with van der Waals surface area (Å²) in [6, 6.07) is 3.91. The molecule has 3 heterocycles. The number of piperazine rings is 1. The first-order chi connectivity index (χ1) is 10.2. The Morgan fingerprint density at radius 2 is 1.90 bits per heavy atom. The smallest absolute Gasteiger partial charge is 0.123 e.